The van der Waals surface area contributed by atoms with Crippen LogP contribution in [0.15, 0.2) is 0 Å². The van der Waals surface area contributed by atoms with Crippen LogP contribution in [0.4, 0.5) is 0 Å². The van der Waals surface area contributed by atoms with Crippen LogP contribution in [0.3, 0.4) is 0 Å². The third kappa shape index (κ3) is 19.0. The molecule has 4 heteroatoms. The Kier molecular flexibility index (Phi) is 19.1. The van der Waals surface area contributed by atoms with Gasteiger partial charge in [0.25, 0.3) is 6.47 Å². The number of rotatable bonds is 19. The second-order valence-electron chi connectivity index (χ2n) is 6.53. The van der Waals surface area contributed by atoms with Gasteiger partial charge in [-0.25, -0.2) is 0 Å². The molecule has 0 bridgehead atoms. The van der Waals surface area contributed by atoms with Gasteiger partial charge in [-0.05, 0) is 12.8 Å². The van der Waals surface area contributed by atoms with Gasteiger partial charge >= 0.3 is 5.97 Å². The molecule has 142 valence electrons. The number of hydrogen-bond donors (Lipinski definition) is 0. The first-order valence-corrected chi connectivity index (χ1v) is 10.0. The summed E-state index contributed by atoms with van der Waals surface area (Å²) < 4.78 is 9.66. The Bertz CT molecular complexity index is 279. The van der Waals surface area contributed by atoms with E-state index in [9.17, 15) is 9.59 Å². The minimum Gasteiger partial charge on any atom is -0.468 e. The quantitative estimate of drug-likeness (QED) is 0.175. The fraction of sp³-hybridized carbons (Fsp3) is 0.900. The summed E-state index contributed by atoms with van der Waals surface area (Å²) in [6.45, 7) is 3.47. The van der Waals surface area contributed by atoms with E-state index in [1.54, 1.807) is 0 Å². The highest BCUT2D eigenvalue weighted by atomic mass is 16.5. The van der Waals surface area contributed by atoms with E-state index in [1.807, 2.05) is 0 Å². The molecule has 0 aromatic carbocycles. The Morgan fingerprint density at radius 2 is 1.21 bits per heavy atom. The second kappa shape index (κ2) is 20.0. The molecule has 24 heavy (non-hydrogen) atoms. The normalized spacial score (nSPS) is 10.5. The van der Waals surface area contributed by atoms with E-state index in [0.29, 0.717) is 25.9 Å². The highest BCUT2D eigenvalue weighted by molar-refractivity contribution is 5.69. The smallest absolute Gasteiger partial charge is 0.305 e. The van der Waals surface area contributed by atoms with Gasteiger partial charge in [0.2, 0.25) is 0 Å². The maximum absolute atomic E-state index is 11.4. The fourth-order valence-corrected chi connectivity index (χ4v) is 2.73. The summed E-state index contributed by atoms with van der Waals surface area (Å²) in [6, 6.07) is 0. The Balaban J connectivity index is 3.09. The lowest BCUT2D eigenvalue weighted by molar-refractivity contribution is -0.144. The molecule has 0 saturated heterocycles. The molecule has 0 aromatic rings. The monoisotopic (exact) mass is 342 g/mol. The zero-order chi connectivity index (χ0) is 17.7. The average molecular weight is 343 g/mol. The molecule has 0 rings (SSSR count). The molecule has 0 atom stereocenters. The lowest BCUT2D eigenvalue weighted by Crippen LogP contribution is -2.07. The van der Waals surface area contributed by atoms with Gasteiger partial charge in [-0.3, -0.25) is 9.59 Å². The molecular weight excluding hydrogens is 304 g/mol. The molecule has 0 aliphatic heterocycles. The van der Waals surface area contributed by atoms with Crippen molar-refractivity contribution in [1.82, 2.24) is 0 Å². The van der Waals surface area contributed by atoms with Crippen LogP contribution >= 0.6 is 0 Å². The van der Waals surface area contributed by atoms with Gasteiger partial charge in [0, 0.05) is 6.42 Å². The number of esters is 1. The Labute approximate surface area is 148 Å². The SMILES string of the molecule is CCCCCCCCCCCCCCCOC(=O)CCCOC=O. The molecule has 0 radical (unpaired) electrons. The van der Waals surface area contributed by atoms with Crippen molar-refractivity contribution in [2.75, 3.05) is 13.2 Å². The van der Waals surface area contributed by atoms with E-state index >= 15 is 0 Å². The molecular formula is C20H38O4. The van der Waals surface area contributed by atoms with E-state index in [4.69, 9.17) is 4.74 Å². The highest BCUT2D eigenvalue weighted by Gasteiger charge is 2.02. The summed E-state index contributed by atoms with van der Waals surface area (Å²) in [5, 5.41) is 0. The molecule has 0 aromatic heterocycles. The van der Waals surface area contributed by atoms with Crippen molar-refractivity contribution < 1.29 is 19.1 Å². The van der Waals surface area contributed by atoms with Crippen molar-refractivity contribution in [2.45, 2.75) is 103 Å². The van der Waals surface area contributed by atoms with Crippen molar-refractivity contribution >= 4 is 12.4 Å². The molecule has 4 nitrogen and oxygen atoms in total. The van der Waals surface area contributed by atoms with Crippen LogP contribution in [-0.4, -0.2) is 25.7 Å². The molecule has 0 saturated carbocycles. The number of unbranched alkanes of at least 4 members (excludes halogenated alkanes) is 12. The largest absolute Gasteiger partial charge is 0.468 e. The zero-order valence-electron chi connectivity index (χ0n) is 15.7. The number of hydrogen-bond acceptors (Lipinski definition) is 4. The van der Waals surface area contributed by atoms with E-state index < -0.39 is 0 Å². The summed E-state index contributed by atoms with van der Waals surface area (Å²) >= 11 is 0. The van der Waals surface area contributed by atoms with Crippen molar-refractivity contribution in [2.24, 2.45) is 0 Å². The minimum absolute atomic E-state index is 0.191. The maximum Gasteiger partial charge on any atom is 0.305 e. The van der Waals surface area contributed by atoms with Crippen LogP contribution in [0.1, 0.15) is 103 Å². The number of ether oxygens (including phenoxy) is 2. The second-order valence-corrected chi connectivity index (χ2v) is 6.53. The standard InChI is InChI=1S/C20H38O4/c1-2-3-4-5-6-7-8-9-10-11-12-13-14-18-24-20(22)16-15-17-23-19-21/h19H,2-18H2,1H3. The third-order valence-electron chi connectivity index (χ3n) is 4.22. The van der Waals surface area contributed by atoms with E-state index in [0.717, 1.165) is 12.8 Å². The molecule has 0 unspecified atom stereocenters. The topological polar surface area (TPSA) is 52.6 Å². The first-order valence-electron chi connectivity index (χ1n) is 10.0. The third-order valence-corrected chi connectivity index (χ3v) is 4.22. The predicted octanol–water partition coefficient (Wildman–Crippen LogP) is 5.57. The van der Waals surface area contributed by atoms with Gasteiger partial charge < -0.3 is 9.47 Å². The molecule has 0 amide bonds. The van der Waals surface area contributed by atoms with Crippen molar-refractivity contribution in [3.05, 3.63) is 0 Å². The fourth-order valence-electron chi connectivity index (χ4n) is 2.73. The number of carbonyl (C=O) groups is 2. The minimum atomic E-state index is -0.191. The molecule has 0 heterocycles. The lowest BCUT2D eigenvalue weighted by atomic mass is 10.0. The van der Waals surface area contributed by atoms with E-state index in [1.165, 1.54) is 70.6 Å². The van der Waals surface area contributed by atoms with Crippen LogP contribution in [0.25, 0.3) is 0 Å². The van der Waals surface area contributed by atoms with Crippen LogP contribution in [0, 0.1) is 0 Å². The predicted molar refractivity (Wildman–Crippen MR) is 97.9 cm³/mol. The van der Waals surface area contributed by atoms with E-state index in [2.05, 4.69) is 11.7 Å². The molecule has 0 spiro atoms. The van der Waals surface area contributed by atoms with Crippen molar-refractivity contribution in [3.63, 3.8) is 0 Å². The zero-order valence-corrected chi connectivity index (χ0v) is 15.7. The maximum atomic E-state index is 11.4. The van der Waals surface area contributed by atoms with Gasteiger partial charge in [-0.2, -0.15) is 0 Å². The van der Waals surface area contributed by atoms with Crippen LogP contribution < -0.4 is 0 Å². The van der Waals surface area contributed by atoms with Crippen LogP contribution in [-0.2, 0) is 19.1 Å². The number of carbonyl (C=O) groups excluding carboxylic acids is 2. The summed E-state index contributed by atoms with van der Waals surface area (Å²) in [7, 11) is 0. The summed E-state index contributed by atoms with van der Waals surface area (Å²) in [6.07, 6.45) is 17.9. The first kappa shape index (κ1) is 22.9. The van der Waals surface area contributed by atoms with Gasteiger partial charge in [0.15, 0.2) is 0 Å². The van der Waals surface area contributed by atoms with Crippen molar-refractivity contribution in [3.8, 4) is 0 Å². The average Bonchev–Trinajstić information content (AvgIpc) is 2.59. The summed E-state index contributed by atoms with van der Waals surface area (Å²) in [5.41, 5.74) is 0. The van der Waals surface area contributed by atoms with Gasteiger partial charge in [-0.15, -0.1) is 0 Å². The van der Waals surface area contributed by atoms with Gasteiger partial charge in [0.1, 0.15) is 0 Å². The summed E-state index contributed by atoms with van der Waals surface area (Å²) in [4.78, 5) is 21.3. The highest BCUT2D eigenvalue weighted by Crippen LogP contribution is 2.12. The first-order chi connectivity index (χ1) is 11.8. The van der Waals surface area contributed by atoms with Crippen molar-refractivity contribution in [1.29, 1.82) is 0 Å². The molecule has 0 fully saturated rings. The van der Waals surface area contributed by atoms with Crippen LogP contribution in [0.2, 0.25) is 0 Å². The van der Waals surface area contributed by atoms with E-state index in [-0.39, 0.29) is 12.6 Å². The van der Waals surface area contributed by atoms with Crippen LogP contribution in [0.5, 0.6) is 0 Å². The Morgan fingerprint density at radius 1 is 0.708 bits per heavy atom. The molecule has 0 N–H and O–H groups in total. The lowest BCUT2D eigenvalue weighted by Gasteiger charge is -2.05. The molecule has 0 aliphatic carbocycles. The van der Waals surface area contributed by atoms with Gasteiger partial charge in [0.05, 0.1) is 13.2 Å². The molecule has 0 aliphatic rings. The Morgan fingerprint density at radius 3 is 1.71 bits per heavy atom. The van der Waals surface area contributed by atoms with Gasteiger partial charge in [-0.1, -0.05) is 84.0 Å². The summed E-state index contributed by atoms with van der Waals surface area (Å²) in [5.74, 6) is -0.191. The Hall–Kier alpha value is -1.06.